The van der Waals surface area contributed by atoms with Crippen LogP contribution in [0.4, 0.5) is 0 Å². The lowest BCUT2D eigenvalue weighted by Gasteiger charge is -2.14. The van der Waals surface area contributed by atoms with Gasteiger partial charge in [-0.1, -0.05) is 43.2 Å². The molecule has 1 unspecified atom stereocenters. The van der Waals surface area contributed by atoms with Gasteiger partial charge in [0.25, 0.3) is 0 Å². The van der Waals surface area contributed by atoms with E-state index < -0.39 is 5.97 Å². The number of carboxylic acids is 1. The van der Waals surface area contributed by atoms with E-state index in [4.69, 9.17) is 5.11 Å². The zero-order valence-electron chi connectivity index (χ0n) is 11.9. The number of aliphatic carboxylic acids is 1. The van der Waals surface area contributed by atoms with Crippen molar-refractivity contribution in [1.29, 1.82) is 0 Å². The molecular formula is C16H21NO3. The van der Waals surface area contributed by atoms with Crippen LogP contribution in [-0.4, -0.2) is 23.0 Å². The van der Waals surface area contributed by atoms with Crippen molar-refractivity contribution in [3.63, 3.8) is 0 Å². The molecule has 0 bridgehead atoms. The van der Waals surface area contributed by atoms with Crippen molar-refractivity contribution in [2.75, 3.05) is 0 Å². The topological polar surface area (TPSA) is 66.4 Å². The van der Waals surface area contributed by atoms with Gasteiger partial charge in [-0.25, -0.2) is 0 Å². The first-order valence-electron chi connectivity index (χ1n) is 6.78. The molecule has 20 heavy (non-hydrogen) atoms. The molecule has 0 fully saturated rings. The van der Waals surface area contributed by atoms with Gasteiger partial charge in [0.2, 0.25) is 5.91 Å². The molecule has 0 spiro atoms. The number of hydrogen-bond acceptors (Lipinski definition) is 2. The molecule has 0 saturated carbocycles. The standard InChI is InChI=1S/C16H21NO3/c1-3-5-14(11-16(19)20)17-15(18)9-8-13-7-4-6-12(2)10-13/h4,6-10,14H,3,5,11H2,1-2H3,(H,17,18)(H,19,20)/b9-8+. The van der Waals surface area contributed by atoms with E-state index in [0.717, 1.165) is 17.5 Å². The Morgan fingerprint density at radius 3 is 2.75 bits per heavy atom. The summed E-state index contributed by atoms with van der Waals surface area (Å²) in [5, 5.41) is 11.5. The van der Waals surface area contributed by atoms with Gasteiger partial charge in [-0.3, -0.25) is 9.59 Å². The lowest BCUT2D eigenvalue weighted by molar-refractivity contribution is -0.137. The Labute approximate surface area is 119 Å². The highest BCUT2D eigenvalue weighted by molar-refractivity contribution is 5.92. The van der Waals surface area contributed by atoms with Crippen molar-refractivity contribution in [3.05, 3.63) is 41.5 Å². The van der Waals surface area contributed by atoms with E-state index in [-0.39, 0.29) is 18.4 Å². The third-order valence-corrected chi connectivity index (χ3v) is 2.87. The first kappa shape index (κ1) is 16.0. The smallest absolute Gasteiger partial charge is 0.305 e. The van der Waals surface area contributed by atoms with E-state index in [9.17, 15) is 9.59 Å². The van der Waals surface area contributed by atoms with Gasteiger partial charge in [-0.2, -0.15) is 0 Å². The fourth-order valence-corrected chi connectivity index (χ4v) is 1.98. The van der Waals surface area contributed by atoms with Gasteiger partial charge in [0.15, 0.2) is 0 Å². The minimum atomic E-state index is -0.897. The Bertz CT molecular complexity index is 494. The third-order valence-electron chi connectivity index (χ3n) is 2.87. The number of benzene rings is 1. The Balaban J connectivity index is 2.58. The van der Waals surface area contributed by atoms with Crippen LogP contribution in [0, 0.1) is 6.92 Å². The van der Waals surface area contributed by atoms with Crippen LogP contribution < -0.4 is 5.32 Å². The monoisotopic (exact) mass is 275 g/mol. The lowest BCUT2D eigenvalue weighted by atomic mass is 10.1. The minimum Gasteiger partial charge on any atom is -0.481 e. The second-order valence-electron chi connectivity index (χ2n) is 4.84. The highest BCUT2D eigenvalue weighted by Crippen LogP contribution is 2.06. The Kier molecular flexibility index (Phi) is 6.50. The molecule has 4 heteroatoms. The molecule has 0 aliphatic heterocycles. The van der Waals surface area contributed by atoms with Gasteiger partial charge in [0, 0.05) is 12.1 Å². The largest absolute Gasteiger partial charge is 0.481 e. The fraction of sp³-hybridized carbons (Fsp3) is 0.375. The average Bonchev–Trinajstić information content (AvgIpc) is 2.36. The summed E-state index contributed by atoms with van der Waals surface area (Å²) in [6.45, 7) is 3.95. The molecule has 1 aromatic rings. The summed E-state index contributed by atoms with van der Waals surface area (Å²) in [6, 6.07) is 7.49. The molecule has 1 amide bonds. The van der Waals surface area contributed by atoms with Gasteiger partial charge in [-0.05, 0) is 25.0 Å². The SMILES string of the molecule is CCCC(CC(=O)O)NC(=O)/C=C/c1cccc(C)c1. The van der Waals surface area contributed by atoms with Crippen LogP contribution in [0.1, 0.15) is 37.3 Å². The molecule has 0 radical (unpaired) electrons. The maximum atomic E-state index is 11.8. The van der Waals surface area contributed by atoms with E-state index in [0.29, 0.717) is 6.42 Å². The fourth-order valence-electron chi connectivity index (χ4n) is 1.98. The summed E-state index contributed by atoms with van der Waals surface area (Å²) in [6.07, 6.45) is 4.62. The first-order valence-corrected chi connectivity index (χ1v) is 6.78. The van der Waals surface area contributed by atoms with Crippen LogP contribution in [0.25, 0.3) is 6.08 Å². The maximum Gasteiger partial charge on any atom is 0.305 e. The highest BCUT2D eigenvalue weighted by Gasteiger charge is 2.13. The zero-order chi connectivity index (χ0) is 15.0. The van der Waals surface area contributed by atoms with Gasteiger partial charge < -0.3 is 10.4 Å². The van der Waals surface area contributed by atoms with Crippen LogP contribution in [0.5, 0.6) is 0 Å². The quantitative estimate of drug-likeness (QED) is 0.752. The average molecular weight is 275 g/mol. The lowest BCUT2D eigenvalue weighted by Crippen LogP contribution is -2.35. The molecule has 0 aromatic heterocycles. The summed E-state index contributed by atoms with van der Waals surface area (Å²) in [4.78, 5) is 22.5. The van der Waals surface area contributed by atoms with Crippen molar-refractivity contribution in [3.8, 4) is 0 Å². The number of rotatable bonds is 7. The summed E-state index contributed by atoms with van der Waals surface area (Å²) < 4.78 is 0. The van der Waals surface area contributed by atoms with Crippen LogP contribution in [0.15, 0.2) is 30.3 Å². The van der Waals surface area contributed by atoms with Gasteiger partial charge in [0.05, 0.1) is 6.42 Å². The molecule has 2 N–H and O–H groups in total. The summed E-state index contributed by atoms with van der Waals surface area (Å²) in [7, 11) is 0. The predicted octanol–water partition coefficient (Wildman–Crippen LogP) is 2.77. The number of carboxylic acid groups (broad SMARTS) is 1. The van der Waals surface area contributed by atoms with E-state index in [1.165, 1.54) is 6.08 Å². The molecule has 1 rings (SSSR count). The van der Waals surface area contributed by atoms with Crippen molar-refractivity contribution in [2.45, 2.75) is 39.2 Å². The van der Waals surface area contributed by atoms with E-state index >= 15 is 0 Å². The number of aryl methyl sites for hydroxylation is 1. The summed E-state index contributed by atoms with van der Waals surface area (Å²) in [5.41, 5.74) is 2.08. The van der Waals surface area contributed by atoms with E-state index in [2.05, 4.69) is 5.32 Å². The molecule has 1 aromatic carbocycles. The van der Waals surface area contributed by atoms with Crippen LogP contribution >= 0.6 is 0 Å². The van der Waals surface area contributed by atoms with Gasteiger partial charge >= 0.3 is 5.97 Å². The second kappa shape index (κ2) is 8.15. The van der Waals surface area contributed by atoms with Crippen molar-refractivity contribution in [1.82, 2.24) is 5.32 Å². The van der Waals surface area contributed by atoms with Crippen molar-refractivity contribution >= 4 is 18.0 Å². The number of nitrogens with one attached hydrogen (secondary N) is 1. The molecule has 0 aliphatic rings. The number of carbonyl (C=O) groups is 2. The number of carbonyl (C=O) groups excluding carboxylic acids is 1. The number of hydrogen-bond donors (Lipinski definition) is 2. The van der Waals surface area contributed by atoms with Crippen LogP contribution in [-0.2, 0) is 9.59 Å². The predicted molar refractivity (Wildman–Crippen MR) is 79.3 cm³/mol. The third kappa shape index (κ3) is 6.18. The second-order valence-corrected chi connectivity index (χ2v) is 4.84. The molecule has 0 saturated heterocycles. The zero-order valence-corrected chi connectivity index (χ0v) is 11.9. The van der Waals surface area contributed by atoms with Gasteiger partial charge in [-0.15, -0.1) is 0 Å². The highest BCUT2D eigenvalue weighted by atomic mass is 16.4. The Hall–Kier alpha value is -2.10. The Morgan fingerprint density at radius 1 is 1.40 bits per heavy atom. The first-order chi connectivity index (χ1) is 9.51. The minimum absolute atomic E-state index is 0.0438. The maximum absolute atomic E-state index is 11.8. The Morgan fingerprint density at radius 2 is 2.15 bits per heavy atom. The van der Waals surface area contributed by atoms with Gasteiger partial charge in [0.1, 0.15) is 0 Å². The normalized spacial score (nSPS) is 12.3. The molecular weight excluding hydrogens is 254 g/mol. The summed E-state index contributed by atoms with van der Waals surface area (Å²) in [5.74, 6) is -1.15. The number of amides is 1. The van der Waals surface area contributed by atoms with Crippen molar-refractivity contribution < 1.29 is 14.7 Å². The molecule has 1 atom stereocenters. The van der Waals surface area contributed by atoms with Crippen molar-refractivity contribution in [2.24, 2.45) is 0 Å². The van der Waals surface area contributed by atoms with Crippen LogP contribution in [0.3, 0.4) is 0 Å². The van der Waals surface area contributed by atoms with E-state index in [1.807, 2.05) is 38.1 Å². The molecule has 0 aliphatic carbocycles. The van der Waals surface area contributed by atoms with E-state index in [1.54, 1.807) is 6.08 Å². The molecule has 4 nitrogen and oxygen atoms in total. The summed E-state index contributed by atoms with van der Waals surface area (Å²) >= 11 is 0. The molecule has 0 heterocycles. The molecule has 108 valence electrons. The van der Waals surface area contributed by atoms with Crippen LogP contribution in [0.2, 0.25) is 0 Å².